The van der Waals surface area contributed by atoms with Gasteiger partial charge >= 0.3 is 0 Å². The van der Waals surface area contributed by atoms with E-state index in [1.807, 2.05) is 24.3 Å². The highest BCUT2D eigenvalue weighted by Crippen LogP contribution is 2.36. The molecule has 0 aliphatic carbocycles. The van der Waals surface area contributed by atoms with Gasteiger partial charge in [-0.05, 0) is 41.8 Å². The summed E-state index contributed by atoms with van der Waals surface area (Å²) < 4.78 is 6.79. The van der Waals surface area contributed by atoms with E-state index in [0.717, 1.165) is 33.6 Å². The Hall–Kier alpha value is -1.03. The second-order valence-electron chi connectivity index (χ2n) is 5.02. The fourth-order valence-corrected chi connectivity index (χ4v) is 3.07. The van der Waals surface area contributed by atoms with Crippen molar-refractivity contribution in [3.8, 4) is 5.75 Å². The van der Waals surface area contributed by atoms with Gasteiger partial charge in [-0.2, -0.15) is 0 Å². The van der Waals surface area contributed by atoms with Crippen molar-refractivity contribution >= 4 is 27.5 Å². The number of halogens is 2. The zero-order valence-corrected chi connectivity index (χ0v) is 13.2. The lowest BCUT2D eigenvalue weighted by Gasteiger charge is -2.16. The third kappa shape index (κ3) is 2.85. The summed E-state index contributed by atoms with van der Waals surface area (Å²) in [5, 5.41) is 0.732. The molecule has 2 aromatic rings. The molecule has 1 atom stereocenters. The van der Waals surface area contributed by atoms with Crippen molar-refractivity contribution in [2.24, 2.45) is 5.73 Å². The summed E-state index contributed by atoms with van der Waals surface area (Å²) in [6, 6.07) is 12.0. The Morgan fingerprint density at radius 1 is 1.25 bits per heavy atom. The van der Waals surface area contributed by atoms with Gasteiger partial charge < -0.3 is 10.5 Å². The maximum absolute atomic E-state index is 6.36. The molecule has 0 spiro atoms. The van der Waals surface area contributed by atoms with Crippen molar-refractivity contribution in [1.29, 1.82) is 0 Å². The average molecular weight is 353 g/mol. The van der Waals surface area contributed by atoms with Crippen LogP contribution in [-0.4, -0.2) is 6.61 Å². The molecule has 0 aromatic heterocycles. The van der Waals surface area contributed by atoms with Gasteiger partial charge in [-0.1, -0.05) is 39.7 Å². The van der Waals surface area contributed by atoms with E-state index in [0.29, 0.717) is 6.61 Å². The van der Waals surface area contributed by atoms with Crippen LogP contribution in [0, 0.1) is 0 Å². The highest BCUT2D eigenvalue weighted by Gasteiger charge is 2.21. The molecule has 20 heavy (non-hydrogen) atoms. The highest BCUT2D eigenvalue weighted by molar-refractivity contribution is 9.10. The van der Waals surface area contributed by atoms with Crippen molar-refractivity contribution in [1.82, 2.24) is 0 Å². The predicted molar refractivity (Wildman–Crippen MR) is 85.4 cm³/mol. The van der Waals surface area contributed by atoms with Crippen molar-refractivity contribution in [2.45, 2.75) is 18.9 Å². The number of nitrogens with two attached hydrogens (primary N) is 1. The Bertz CT molecular complexity index is 627. The summed E-state index contributed by atoms with van der Waals surface area (Å²) in [5.74, 6) is 0.930. The first kappa shape index (κ1) is 13.9. The molecule has 4 heteroatoms. The Morgan fingerprint density at radius 3 is 2.75 bits per heavy atom. The molecule has 104 valence electrons. The molecule has 1 aliphatic rings. The Labute approximate surface area is 132 Å². The lowest BCUT2D eigenvalue weighted by molar-refractivity contribution is 0.351. The molecule has 0 saturated heterocycles. The van der Waals surface area contributed by atoms with Gasteiger partial charge in [-0.15, -0.1) is 0 Å². The van der Waals surface area contributed by atoms with Crippen LogP contribution in [0.1, 0.15) is 22.7 Å². The molecule has 1 aliphatic heterocycles. The highest BCUT2D eigenvalue weighted by atomic mass is 79.9. The van der Waals surface area contributed by atoms with Gasteiger partial charge in [0.05, 0.1) is 6.61 Å². The van der Waals surface area contributed by atoms with E-state index < -0.39 is 0 Å². The molecule has 2 aromatic carbocycles. The van der Waals surface area contributed by atoms with Crippen molar-refractivity contribution in [3.63, 3.8) is 0 Å². The van der Waals surface area contributed by atoms with E-state index >= 15 is 0 Å². The topological polar surface area (TPSA) is 35.2 Å². The fourth-order valence-electron chi connectivity index (χ4n) is 2.56. The van der Waals surface area contributed by atoms with Crippen molar-refractivity contribution in [3.05, 3.63) is 62.6 Å². The van der Waals surface area contributed by atoms with Gasteiger partial charge in [0.1, 0.15) is 5.75 Å². The third-order valence-corrected chi connectivity index (χ3v) is 4.29. The molecule has 3 rings (SSSR count). The zero-order valence-electron chi connectivity index (χ0n) is 10.9. The van der Waals surface area contributed by atoms with Crippen LogP contribution in [-0.2, 0) is 12.8 Å². The van der Waals surface area contributed by atoms with E-state index in [1.54, 1.807) is 0 Å². The van der Waals surface area contributed by atoms with Crippen LogP contribution >= 0.6 is 27.5 Å². The maximum Gasteiger partial charge on any atom is 0.127 e. The zero-order chi connectivity index (χ0) is 14.1. The van der Waals surface area contributed by atoms with Crippen molar-refractivity contribution in [2.75, 3.05) is 6.61 Å². The minimum Gasteiger partial charge on any atom is -0.493 e. The van der Waals surface area contributed by atoms with Crippen LogP contribution in [0.3, 0.4) is 0 Å². The second kappa shape index (κ2) is 5.76. The SMILES string of the molecule is NC(Cc1ccc(Br)cc1)c1cc(Cl)cc2c1OCC2. The Morgan fingerprint density at radius 2 is 2.00 bits per heavy atom. The summed E-state index contributed by atoms with van der Waals surface area (Å²) in [4.78, 5) is 0. The van der Waals surface area contributed by atoms with Crippen molar-refractivity contribution < 1.29 is 4.74 Å². The van der Waals surface area contributed by atoms with Gasteiger partial charge in [0.2, 0.25) is 0 Å². The van der Waals surface area contributed by atoms with Gasteiger partial charge in [0.15, 0.2) is 0 Å². The molecular weight excluding hydrogens is 338 g/mol. The molecular formula is C16H15BrClNO. The Balaban J connectivity index is 1.87. The summed E-state index contributed by atoms with van der Waals surface area (Å²) in [7, 11) is 0. The molecule has 1 heterocycles. The largest absolute Gasteiger partial charge is 0.493 e. The smallest absolute Gasteiger partial charge is 0.127 e. The summed E-state index contributed by atoms with van der Waals surface area (Å²) in [5.41, 5.74) is 9.73. The van der Waals surface area contributed by atoms with E-state index in [9.17, 15) is 0 Å². The number of hydrogen-bond donors (Lipinski definition) is 1. The summed E-state index contributed by atoms with van der Waals surface area (Å²) in [6.45, 7) is 0.716. The number of fused-ring (bicyclic) bond motifs is 1. The van der Waals surface area contributed by atoms with Crippen LogP contribution in [0.15, 0.2) is 40.9 Å². The first-order chi connectivity index (χ1) is 9.63. The third-order valence-electron chi connectivity index (χ3n) is 3.55. The summed E-state index contributed by atoms with van der Waals surface area (Å²) in [6.07, 6.45) is 1.68. The second-order valence-corrected chi connectivity index (χ2v) is 6.37. The number of rotatable bonds is 3. The quantitative estimate of drug-likeness (QED) is 0.895. The molecule has 2 nitrogen and oxygen atoms in total. The van der Waals surface area contributed by atoms with Crippen LogP contribution in [0.4, 0.5) is 0 Å². The molecule has 0 saturated carbocycles. The monoisotopic (exact) mass is 351 g/mol. The van der Waals surface area contributed by atoms with Crippen LogP contribution in [0.2, 0.25) is 5.02 Å². The summed E-state index contributed by atoms with van der Waals surface area (Å²) >= 11 is 9.62. The van der Waals surface area contributed by atoms with E-state index in [4.69, 9.17) is 22.1 Å². The molecule has 0 bridgehead atoms. The van der Waals surface area contributed by atoms with Crippen LogP contribution in [0.25, 0.3) is 0 Å². The molecule has 1 unspecified atom stereocenters. The maximum atomic E-state index is 6.36. The number of ether oxygens (including phenoxy) is 1. The van der Waals surface area contributed by atoms with Crippen LogP contribution < -0.4 is 10.5 Å². The van der Waals surface area contributed by atoms with E-state index in [2.05, 4.69) is 28.1 Å². The molecule has 0 radical (unpaired) electrons. The average Bonchev–Trinajstić information content (AvgIpc) is 2.88. The normalized spacial score (nSPS) is 14.8. The number of benzene rings is 2. The minimum atomic E-state index is -0.110. The first-order valence-corrected chi connectivity index (χ1v) is 7.76. The lowest BCUT2D eigenvalue weighted by Crippen LogP contribution is -2.14. The first-order valence-electron chi connectivity index (χ1n) is 6.58. The van der Waals surface area contributed by atoms with Gasteiger partial charge in [-0.25, -0.2) is 0 Å². The van der Waals surface area contributed by atoms with Crippen LogP contribution in [0.5, 0.6) is 5.75 Å². The molecule has 2 N–H and O–H groups in total. The van der Waals surface area contributed by atoms with E-state index in [1.165, 1.54) is 11.1 Å². The standard InChI is InChI=1S/C16H15BrClNO/c17-12-3-1-10(2-4-12)7-15(19)14-9-13(18)8-11-5-6-20-16(11)14/h1-4,8-9,15H,5-7,19H2. The number of hydrogen-bond acceptors (Lipinski definition) is 2. The fraction of sp³-hybridized carbons (Fsp3) is 0.250. The van der Waals surface area contributed by atoms with E-state index in [-0.39, 0.29) is 6.04 Å². The minimum absolute atomic E-state index is 0.110. The van der Waals surface area contributed by atoms with Gasteiger partial charge in [0.25, 0.3) is 0 Å². The Kier molecular flexibility index (Phi) is 4.01. The predicted octanol–water partition coefficient (Wildman–Crippen LogP) is 4.28. The lowest BCUT2D eigenvalue weighted by atomic mass is 9.97. The van der Waals surface area contributed by atoms with Gasteiger partial charge in [-0.3, -0.25) is 0 Å². The molecule has 0 fully saturated rings. The van der Waals surface area contributed by atoms with Gasteiger partial charge in [0, 0.05) is 27.5 Å². The molecule has 0 amide bonds.